The molecule has 0 amide bonds. The van der Waals surface area contributed by atoms with Crippen LogP contribution in [0.3, 0.4) is 0 Å². The first-order valence-corrected chi connectivity index (χ1v) is 7.20. The van der Waals surface area contributed by atoms with E-state index in [2.05, 4.69) is 21.5 Å². The predicted molar refractivity (Wildman–Crippen MR) is 69.9 cm³/mol. The summed E-state index contributed by atoms with van der Waals surface area (Å²) in [5.41, 5.74) is 0.432. The van der Waals surface area contributed by atoms with Crippen molar-refractivity contribution < 1.29 is 18.3 Å². The summed E-state index contributed by atoms with van der Waals surface area (Å²) in [5, 5.41) is 8.58. The van der Waals surface area contributed by atoms with Crippen molar-refractivity contribution in [1.29, 1.82) is 0 Å². The summed E-state index contributed by atoms with van der Waals surface area (Å²) in [6.45, 7) is 2.59. The van der Waals surface area contributed by atoms with Crippen molar-refractivity contribution in [1.82, 2.24) is 9.71 Å². The Kier molecular flexibility index (Phi) is 6.45. The molecule has 0 aliphatic carbocycles. The molecule has 0 bridgehead atoms. The molecule has 104 valence electrons. The zero-order valence-corrected chi connectivity index (χ0v) is 11.4. The normalized spacial score (nSPS) is 10.8. The summed E-state index contributed by atoms with van der Waals surface area (Å²) >= 11 is 0. The van der Waals surface area contributed by atoms with Gasteiger partial charge in [0.05, 0.1) is 6.61 Å². The number of aromatic nitrogens is 1. The van der Waals surface area contributed by atoms with Crippen molar-refractivity contribution in [2.24, 2.45) is 0 Å². The van der Waals surface area contributed by atoms with E-state index in [0.29, 0.717) is 18.8 Å². The zero-order valence-electron chi connectivity index (χ0n) is 10.6. The van der Waals surface area contributed by atoms with Gasteiger partial charge in [-0.05, 0) is 13.0 Å². The van der Waals surface area contributed by atoms with Crippen LogP contribution in [-0.4, -0.2) is 44.9 Å². The number of nitrogens with one attached hydrogen (secondary N) is 1. The third-order valence-corrected chi connectivity index (χ3v) is 3.51. The third-order valence-electron chi connectivity index (χ3n) is 2.08. The molecule has 1 aromatic heterocycles. The second kappa shape index (κ2) is 7.86. The SMILES string of the molecule is CCOCCNS(=O)(=O)c1cncc(C#CCO)c1. The van der Waals surface area contributed by atoms with E-state index in [9.17, 15) is 8.42 Å². The van der Waals surface area contributed by atoms with E-state index in [0.717, 1.165) is 0 Å². The van der Waals surface area contributed by atoms with E-state index in [4.69, 9.17) is 9.84 Å². The van der Waals surface area contributed by atoms with Gasteiger partial charge in [0, 0.05) is 31.1 Å². The number of hydrogen-bond acceptors (Lipinski definition) is 5. The molecule has 6 nitrogen and oxygen atoms in total. The maximum absolute atomic E-state index is 11.9. The summed E-state index contributed by atoms with van der Waals surface area (Å²) in [5.74, 6) is 5.04. The lowest BCUT2D eigenvalue weighted by molar-refractivity contribution is 0.153. The minimum absolute atomic E-state index is 0.0359. The Morgan fingerprint density at radius 1 is 1.47 bits per heavy atom. The number of aliphatic hydroxyl groups is 1. The molecule has 1 rings (SSSR count). The Labute approximate surface area is 112 Å². The van der Waals surface area contributed by atoms with Crippen LogP contribution in [0.25, 0.3) is 0 Å². The van der Waals surface area contributed by atoms with E-state index in [1.807, 2.05) is 6.92 Å². The van der Waals surface area contributed by atoms with Crippen LogP contribution in [0.4, 0.5) is 0 Å². The van der Waals surface area contributed by atoms with Crippen molar-refractivity contribution in [2.45, 2.75) is 11.8 Å². The van der Waals surface area contributed by atoms with Crippen LogP contribution in [0, 0.1) is 11.8 Å². The van der Waals surface area contributed by atoms with Gasteiger partial charge in [0.1, 0.15) is 11.5 Å². The molecule has 2 N–H and O–H groups in total. The fourth-order valence-electron chi connectivity index (χ4n) is 1.25. The van der Waals surface area contributed by atoms with Gasteiger partial charge in [0.2, 0.25) is 10.0 Å². The highest BCUT2D eigenvalue weighted by atomic mass is 32.2. The number of rotatable bonds is 6. The first-order valence-electron chi connectivity index (χ1n) is 5.72. The van der Waals surface area contributed by atoms with Gasteiger partial charge in [-0.15, -0.1) is 0 Å². The van der Waals surface area contributed by atoms with Crippen LogP contribution in [0.2, 0.25) is 0 Å². The molecule has 0 fully saturated rings. The second-order valence-electron chi connectivity index (χ2n) is 3.46. The van der Waals surface area contributed by atoms with Crippen LogP contribution in [0.1, 0.15) is 12.5 Å². The van der Waals surface area contributed by atoms with Crippen LogP contribution in [0.5, 0.6) is 0 Å². The molecule has 7 heteroatoms. The van der Waals surface area contributed by atoms with Crippen LogP contribution < -0.4 is 4.72 Å². The molecule has 0 aliphatic heterocycles. The third kappa shape index (κ3) is 5.36. The number of hydrogen-bond donors (Lipinski definition) is 2. The van der Waals surface area contributed by atoms with Gasteiger partial charge in [-0.2, -0.15) is 0 Å². The molecule has 0 aromatic carbocycles. The first-order chi connectivity index (χ1) is 9.10. The van der Waals surface area contributed by atoms with Crippen molar-refractivity contribution in [3.63, 3.8) is 0 Å². The van der Waals surface area contributed by atoms with Gasteiger partial charge < -0.3 is 9.84 Å². The molecule has 0 saturated carbocycles. The zero-order chi connectivity index (χ0) is 14.1. The van der Waals surface area contributed by atoms with Gasteiger partial charge in [0.15, 0.2) is 0 Å². The largest absolute Gasteiger partial charge is 0.384 e. The highest BCUT2D eigenvalue weighted by Crippen LogP contribution is 2.08. The molecular formula is C12H16N2O4S. The monoisotopic (exact) mass is 284 g/mol. The van der Waals surface area contributed by atoms with E-state index >= 15 is 0 Å². The van der Waals surface area contributed by atoms with Gasteiger partial charge in [-0.25, -0.2) is 13.1 Å². The lowest BCUT2D eigenvalue weighted by atomic mass is 10.3. The standard InChI is InChI=1S/C12H16N2O4S/c1-2-18-7-5-14-19(16,17)12-8-11(4-3-6-15)9-13-10-12/h8-10,14-15H,2,5-7H2,1H3. The molecule has 0 radical (unpaired) electrons. The molecule has 0 aliphatic rings. The summed E-state index contributed by atoms with van der Waals surface area (Å²) in [6.07, 6.45) is 2.68. The fraction of sp³-hybridized carbons (Fsp3) is 0.417. The molecule has 1 heterocycles. The quantitative estimate of drug-likeness (QED) is 0.555. The predicted octanol–water partition coefficient (Wildman–Crippen LogP) is -0.260. The molecule has 0 atom stereocenters. The Morgan fingerprint density at radius 3 is 2.95 bits per heavy atom. The van der Waals surface area contributed by atoms with E-state index in [-0.39, 0.29) is 18.0 Å². The number of sulfonamides is 1. The number of nitrogens with zero attached hydrogens (tertiary/aromatic N) is 1. The average molecular weight is 284 g/mol. The maximum atomic E-state index is 11.9. The molecule has 1 aromatic rings. The molecule has 19 heavy (non-hydrogen) atoms. The van der Waals surface area contributed by atoms with Crippen LogP contribution >= 0.6 is 0 Å². The Bertz CT molecular complexity index is 561. The summed E-state index contributed by atoms with van der Waals surface area (Å²) in [6, 6.07) is 1.40. The Morgan fingerprint density at radius 2 is 2.26 bits per heavy atom. The summed E-state index contributed by atoms with van der Waals surface area (Å²) in [4.78, 5) is 3.85. The van der Waals surface area contributed by atoms with Gasteiger partial charge in [0.25, 0.3) is 0 Å². The molecule has 0 saturated heterocycles. The molecule has 0 spiro atoms. The summed E-state index contributed by atoms with van der Waals surface area (Å²) < 4.78 is 31.3. The van der Waals surface area contributed by atoms with E-state index in [1.165, 1.54) is 18.5 Å². The fourth-order valence-corrected chi connectivity index (χ4v) is 2.25. The first kappa shape index (κ1) is 15.6. The van der Waals surface area contributed by atoms with Crippen LogP contribution in [0.15, 0.2) is 23.4 Å². The lowest BCUT2D eigenvalue weighted by Crippen LogP contribution is -2.27. The molecular weight excluding hydrogens is 268 g/mol. The van der Waals surface area contributed by atoms with Gasteiger partial charge >= 0.3 is 0 Å². The van der Waals surface area contributed by atoms with Crippen LogP contribution in [-0.2, 0) is 14.8 Å². The Balaban J connectivity index is 2.77. The van der Waals surface area contributed by atoms with Gasteiger partial charge in [-0.1, -0.05) is 11.8 Å². The molecule has 0 unspecified atom stereocenters. The van der Waals surface area contributed by atoms with Gasteiger partial charge in [-0.3, -0.25) is 4.98 Å². The van der Waals surface area contributed by atoms with Crippen molar-refractivity contribution in [3.05, 3.63) is 24.0 Å². The minimum Gasteiger partial charge on any atom is -0.384 e. The summed E-state index contributed by atoms with van der Waals surface area (Å²) in [7, 11) is -3.61. The average Bonchev–Trinajstić information content (AvgIpc) is 2.42. The number of ether oxygens (including phenoxy) is 1. The van der Waals surface area contributed by atoms with Crippen molar-refractivity contribution in [2.75, 3.05) is 26.4 Å². The second-order valence-corrected chi connectivity index (χ2v) is 5.23. The highest BCUT2D eigenvalue weighted by Gasteiger charge is 2.13. The minimum atomic E-state index is -3.61. The Hall–Kier alpha value is -1.46. The topological polar surface area (TPSA) is 88.5 Å². The maximum Gasteiger partial charge on any atom is 0.242 e. The smallest absolute Gasteiger partial charge is 0.242 e. The lowest BCUT2D eigenvalue weighted by Gasteiger charge is -2.06. The van der Waals surface area contributed by atoms with Crippen molar-refractivity contribution >= 4 is 10.0 Å². The van der Waals surface area contributed by atoms with E-state index in [1.54, 1.807) is 0 Å². The number of pyridine rings is 1. The van der Waals surface area contributed by atoms with Crippen molar-refractivity contribution in [3.8, 4) is 11.8 Å². The number of aliphatic hydroxyl groups excluding tert-OH is 1. The van der Waals surface area contributed by atoms with E-state index < -0.39 is 10.0 Å². The highest BCUT2D eigenvalue weighted by molar-refractivity contribution is 7.89.